The van der Waals surface area contributed by atoms with Crippen molar-refractivity contribution < 1.29 is 9.47 Å². The van der Waals surface area contributed by atoms with E-state index in [-0.39, 0.29) is 24.8 Å². The fourth-order valence-electron chi connectivity index (χ4n) is 5.31. The highest BCUT2D eigenvalue weighted by atomic mass is 35.5. The number of imidazole rings is 1. The smallest absolute Gasteiger partial charge is 0.224 e. The molecule has 0 radical (unpaired) electrons. The first kappa shape index (κ1) is 28.1. The number of methoxy groups -OCH3 is 2. The number of benzene rings is 1. The van der Waals surface area contributed by atoms with Crippen molar-refractivity contribution in [3.63, 3.8) is 0 Å². The Morgan fingerprint density at radius 3 is 2.28 bits per heavy atom. The molecule has 2 fully saturated rings. The van der Waals surface area contributed by atoms with Gasteiger partial charge in [-0.1, -0.05) is 18.9 Å². The van der Waals surface area contributed by atoms with Gasteiger partial charge in [0.1, 0.15) is 17.0 Å². The third kappa shape index (κ3) is 5.90. The zero-order valence-corrected chi connectivity index (χ0v) is 22.5. The first-order valence-corrected chi connectivity index (χ1v) is 12.4. The largest absolute Gasteiger partial charge is 0.496 e. The molecule has 0 atom stereocenters. The molecule has 3 aromatic rings. The fourth-order valence-corrected chi connectivity index (χ4v) is 5.31. The number of rotatable bonds is 8. The fraction of sp³-hybridized carbons (Fsp3) is 0.560. The summed E-state index contributed by atoms with van der Waals surface area (Å²) in [5, 5.41) is 7.08. The second-order valence-electron chi connectivity index (χ2n) is 9.40. The Morgan fingerprint density at radius 2 is 1.64 bits per heavy atom. The molecule has 0 unspecified atom stereocenters. The number of hydrogen-bond acceptors (Lipinski definition) is 8. The van der Waals surface area contributed by atoms with E-state index in [9.17, 15) is 0 Å². The summed E-state index contributed by atoms with van der Waals surface area (Å²) >= 11 is 0. The quantitative estimate of drug-likeness (QED) is 0.364. The maximum atomic E-state index is 6.07. The van der Waals surface area contributed by atoms with Gasteiger partial charge in [0.05, 0.1) is 32.5 Å². The van der Waals surface area contributed by atoms with E-state index in [4.69, 9.17) is 25.2 Å². The average molecular weight is 539 g/mol. The van der Waals surface area contributed by atoms with Gasteiger partial charge in [-0.3, -0.25) is 4.57 Å². The first-order valence-electron chi connectivity index (χ1n) is 12.4. The molecule has 0 saturated heterocycles. The lowest BCUT2D eigenvalue weighted by molar-refractivity contribution is 0.386. The lowest BCUT2D eigenvalue weighted by atomic mass is 9.92. The Hall–Kier alpha value is -2.49. The Balaban J connectivity index is 0.00000180. The highest BCUT2D eigenvalue weighted by Gasteiger charge is 2.25. The molecule has 2 saturated carbocycles. The maximum Gasteiger partial charge on any atom is 0.224 e. The Bertz CT molecular complexity index is 1110. The molecule has 11 heteroatoms. The van der Waals surface area contributed by atoms with E-state index in [1.165, 1.54) is 12.8 Å². The van der Waals surface area contributed by atoms with Crippen LogP contribution < -0.4 is 25.8 Å². The third-order valence-corrected chi connectivity index (χ3v) is 7.18. The average Bonchev–Trinajstić information content (AvgIpc) is 3.51. The normalized spacial score (nSPS) is 19.9. The van der Waals surface area contributed by atoms with Crippen LogP contribution >= 0.6 is 24.8 Å². The van der Waals surface area contributed by atoms with Crippen LogP contribution in [-0.2, 0) is 6.54 Å². The standard InChI is InChI=1S/C25H35N7O2.2ClH/c1-33-21-8-5-9-22(34-2)19(21)14-28-25-30-20-15-27-24(29-17-12-10-16(26)11-13-17)31-23(20)32(25)18-6-3-4-7-18;;/h5,8-9,15-18H,3-4,6-7,10-14,26H2,1-2H3,(H,28,30)(H,27,29,31);2*1H/t16-,17-;;. The first-order chi connectivity index (χ1) is 16.7. The summed E-state index contributed by atoms with van der Waals surface area (Å²) < 4.78 is 13.4. The molecule has 198 valence electrons. The Kier molecular flexibility index (Phi) is 9.87. The summed E-state index contributed by atoms with van der Waals surface area (Å²) in [6.45, 7) is 0.532. The van der Waals surface area contributed by atoms with Gasteiger partial charge in [0.2, 0.25) is 11.9 Å². The van der Waals surface area contributed by atoms with Crippen LogP contribution in [0.25, 0.3) is 11.2 Å². The maximum absolute atomic E-state index is 6.07. The van der Waals surface area contributed by atoms with Gasteiger partial charge in [0.25, 0.3) is 0 Å². The van der Waals surface area contributed by atoms with Crippen molar-refractivity contribution in [3.8, 4) is 11.5 Å². The van der Waals surface area contributed by atoms with E-state index >= 15 is 0 Å². The summed E-state index contributed by atoms with van der Waals surface area (Å²) in [4.78, 5) is 14.4. The molecule has 0 amide bonds. The minimum absolute atomic E-state index is 0. The van der Waals surface area contributed by atoms with Gasteiger partial charge in [0.15, 0.2) is 5.65 Å². The molecule has 2 aliphatic rings. The molecular formula is C25H37Cl2N7O2. The molecule has 36 heavy (non-hydrogen) atoms. The zero-order chi connectivity index (χ0) is 23.5. The van der Waals surface area contributed by atoms with Gasteiger partial charge in [-0.2, -0.15) is 4.98 Å². The van der Waals surface area contributed by atoms with E-state index in [1.54, 1.807) is 14.2 Å². The van der Waals surface area contributed by atoms with Crippen molar-refractivity contribution in [1.29, 1.82) is 0 Å². The Labute approximate surface area is 224 Å². The van der Waals surface area contributed by atoms with Crippen molar-refractivity contribution in [2.45, 2.75) is 76.0 Å². The van der Waals surface area contributed by atoms with Crippen LogP contribution in [0.4, 0.5) is 11.9 Å². The topological polar surface area (TPSA) is 112 Å². The number of nitrogens with zero attached hydrogens (tertiary/aromatic N) is 4. The number of nitrogens with two attached hydrogens (primary N) is 1. The molecule has 2 aromatic heterocycles. The number of halogens is 2. The molecule has 0 spiro atoms. The van der Waals surface area contributed by atoms with Gasteiger partial charge in [-0.15, -0.1) is 24.8 Å². The van der Waals surface area contributed by atoms with E-state index in [2.05, 4.69) is 20.2 Å². The van der Waals surface area contributed by atoms with Crippen LogP contribution in [0.3, 0.4) is 0 Å². The van der Waals surface area contributed by atoms with Crippen molar-refractivity contribution in [2.24, 2.45) is 5.73 Å². The number of anilines is 2. The molecule has 0 bridgehead atoms. The van der Waals surface area contributed by atoms with Gasteiger partial charge in [0, 0.05) is 18.1 Å². The van der Waals surface area contributed by atoms with Crippen LogP contribution in [0.15, 0.2) is 24.4 Å². The number of aromatic nitrogens is 4. The van der Waals surface area contributed by atoms with E-state index in [1.807, 2.05) is 24.4 Å². The molecule has 0 aliphatic heterocycles. The second kappa shape index (κ2) is 12.7. The van der Waals surface area contributed by atoms with Crippen molar-refractivity contribution in [3.05, 3.63) is 30.0 Å². The molecule has 2 heterocycles. The van der Waals surface area contributed by atoms with Gasteiger partial charge < -0.3 is 25.8 Å². The van der Waals surface area contributed by atoms with Gasteiger partial charge >= 0.3 is 0 Å². The van der Waals surface area contributed by atoms with Gasteiger partial charge in [-0.05, 0) is 50.7 Å². The van der Waals surface area contributed by atoms with Crippen LogP contribution in [0.5, 0.6) is 11.5 Å². The predicted molar refractivity (Wildman–Crippen MR) is 148 cm³/mol. The SMILES string of the molecule is COc1cccc(OC)c1CNc1nc2cnc(N[C@H]3CC[C@H](N)CC3)nc2n1C1CCCC1.Cl.Cl. The van der Waals surface area contributed by atoms with Crippen molar-refractivity contribution in [2.75, 3.05) is 24.9 Å². The van der Waals surface area contributed by atoms with E-state index < -0.39 is 0 Å². The van der Waals surface area contributed by atoms with E-state index in [0.717, 1.165) is 72.7 Å². The number of nitrogens with one attached hydrogen (secondary N) is 2. The van der Waals surface area contributed by atoms with Gasteiger partial charge in [-0.25, -0.2) is 9.97 Å². The number of ether oxygens (including phenoxy) is 2. The molecule has 5 rings (SSSR count). The Morgan fingerprint density at radius 1 is 0.972 bits per heavy atom. The summed E-state index contributed by atoms with van der Waals surface area (Å²) in [6.07, 6.45) is 10.7. The predicted octanol–water partition coefficient (Wildman–Crippen LogP) is 5.10. The molecule has 1 aromatic carbocycles. The van der Waals surface area contributed by atoms with Crippen LogP contribution in [-0.4, -0.2) is 45.8 Å². The van der Waals surface area contributed by atoms with Crippen LogP contribution in [0.2, 0.25) is 0 Å². The van der Waals surface area contributed by atoms with E-state index in [0.29, 0.717) is 30.6 Å². The summed E-state index contributed by atoms with van der Waals surface area (Å²) in [7, 11) is 3.35. The number of fused-ring (bicyclic) bond motifs is 1. The lowest BCUT2D eigenvalue weighted by Crippen LogP contribution is -2.33. The van der Waals surface area contributed by atoms with Crippen LogP contribution in [0, 0.1) is 0 Å². The van der Waals surface area contributed by atoms with Crippen molar-refractivity contribution >= 4 is 47.9 Å². The minimum atomic E-state index is 0. The monoisotopic (exact) mass is 537 g/mol. The van der Waals surface area contributed by atoms with Crippen LogP contribution in [0.1, 0.15) is 63.0 Å². The lowest BCUT2D eigenvalue weighted by Gasteiger charge is -2.26. The third-order valence-electron chi connectivity index (χ3n) is 7.18. The van der Waals surface area contributed by atoms with Crippen molar-refractivity contribution in [1.82, 2.24) is 19.5 Å². The summed E-state index contributed by atoms with van der Waals surface area (Å²) in [5.41, 5.74) is 8.71. The highest BCUT2D eigenvalue weighted by Crippen LogP contribution is 2.36. The molecule has 9 nitrogen and oxygen atoms in total. The summed E-state index contributed by atoms with van der Waals surface area (Å²) in [5.74, 6) is 3.05. The molecular weight excluding hydrogens is 501 g/mol. The zero-order valence-electron chi connectivity index (χ0n) is 20.9. The highest BCUT2D eigenvalue weighted by molar-refractivity contribution is 5.85. The number of hydrogen-bond donors (Lipinski definition) is 3. The minimum Gasteiger partial charge on any atom is -0.496 e. The summed E-state index contributed by atoms with van der Waals surface area (Å²) in [6, 6.07) is 6.89. The second-order valence-corrected chi connectivity index (χ2v) is 9.40. The molecule has 4 N–H and O–H groups in total. The molecule has 2 aliphatic carbocycles.